The Kier molecular flexibility index (Phi) is 4.66. The lowest BCUT2D eigenvalue weighted by atomic mass is 10.1. The summed E-state index contributed by atoms with van der Waals surface area (Å²) in [7, 11) is 0. The van der Waals surface area contributed by atoms with Crippen LogP contribution < -0.4 is 4.74 Å². The maximum absolute atomic E-state index is 12.5. The van der Waals surface area contributed by atoms with Crippen molar-refractivity contribution in [1.29, 1.82) is 0 Å². The molecule has 0 unspecified atom stereocenters. The third-order valence-corrected chi connectivity index (χ3v) is 6.07. The zero-order chi connectivity index (χ0) is 19.6. The molecule has 0 N–H and O–H groups in total. The third-order valence-electron chi connectivity index (χ3n) is 4.97. The van der Waals surface area contributed by atoms with Crippen LogP contribution in [0, 0.1) is 0 Å². The minimum atomic E-state index is 0.0993. The van der Waals surface area contributed by atoms with Gasteiger partial charge in [-0.2, -0.15) is 0 Å². The molecular formula is C26H18O2S. The highest BCUT2D eigenvalue weighted by molar-refractivity contribution is 8.04. The van der Waals surface area contributed by atoms with E-state index in [1.165, 1.54) is 22.5 Å². The van der Waals surface area contributed by atoms with E-state index in [-0.39, 0.29) is 5.78 Å². The van der Waals surface area contributed by atoms with Gasteiger partial charge >= 0.3 is 0 Å². The largest absolute Gasteiger partial charge is 0.489 e. The van der Waals surface area contributed by atoms with Crippen LogP contribution in [0.4, 0.5) is 0 Å². The molecule has 1 heterocycles. The van der Waals surface area contributed by atoms with Gasteiger partial charge in [0.05, 0.1) is 4.91 Å². The monoisotopic (exact) mass is 394 g/mol. The van der Waals surface area contributed by atoms with Crippen LogP contribution in [0.15, 0.2) is 101 Å². The van der Waals surface area contributed by atoms with Gasteiger partial charge in [0.15, 0.2) is 0 Å². The molecule has 140 valence electrons. The standard InChI is InChI=1S/C26H18O2S/c27-26-23-7-3-4-8-24(23)29-25(26)16-18-10-13-22(14-11-18)28-17-19-9-12-20-5-1-2-6-21(20)15-19/h1-16H,17H2/b25-16+. The number of fused-ring (bicyclic) bond motifs is 2. The highest BCUT2D eigenvalue weighted by atomic mass is 32.2. The van der Waals surface area contributed by atoms with Crippen LogP contribution in [0.5, 0.6) is 5.75 Å². The number of carbonyl (C=O) groups is 1. The third kappa shape index (κ3) is 3.69. The van der Waals surface area contributed by atoms with Crippen molar-refractivity contribution in [2.45, 2.75) is 11.5 Å². The maximum atomic E-state index is 12.5. The molecule has 0 aliphatic carbocycles. The molecule has 1 aliphatic rings. The summed E-state index contributed by atoms with van der Waals surface area (Å²) >= 11 is 1.53. The highest BCUT2D eigenvalue weighted by Gasteiger charge is 2.24. The van der Waals surface area contributed by atoms with Crippen molar-refractivity contribution in [2.75, 3.05) is 0 Å². The van der Waals surface area contributed by atoms with Gasteiger partial charge in [-0.3, -0.25) is 4.79 Å². The van der Waals surface area contributed by atoms with Gasteiger partial charge in [-0.1, -0.05) is 72.4 Å². The zero-order valence-corrected chi connectivity index (χ0v) is 16.5. The molecule has 0 aromatic heterocycles. The fourth-order valence-corrected chi connectivity index (χ4v) is 4.49. The normalized spacial score (nSPS) is 14.3. The molecule has 0 saturated heterocycles. The molecular weight excluding hydrogens is 376 g/mol. The topological polar surface area (TPSA) is 26.3 Å². The van der Waals surface area contributed by atoms with Crippen molar-refractivity contribution in [1.82, 2.24) is 0 Å². The van der Waals surface area contributed by atoms with Crippen molar-refractivity contribution in [3.8, 4) is 5.75 Å². The van der Waals surface area contributed by atoms with Gasteiger partial charge in [-0.05, 0) is 58.3 Å². The van der Waals surface area contributed by atoms with Crippen LogP contribution >= 0.6 is 11.8 Å². The van der Waals surface area contributed by atoms with E-state index in [1.807, 2.05) is 66.7 Å². The fraction of sp³-hybridized carbons (Fsp3) is 0.0385. The summed E-state index contributed by atoms with van der Waals surface area (Å²) < 4.78 is 5.94. The summed E-state index contributed by atoms with van der Waals surface area (Å²) in [5.74, 6) is 0.913. The second-order valence-corrected chi connectivity index (χ2v) is 8.06. The van der Waals surface area contributed by atoms with Crippen molar-refractivity contribution < 1.29 is 9.53 Å². The van der Waals surface area contributed by atoms with Crippen molar-refractivity contribution in [2.24, 2.45) is 0 Å². The number of hydrogen-bond donors (Lipinski definition) is 0. The Morgan fingerprint density at radius 1 is 0.793 bits per heavy atom. The van der Waals surface area contributed by atoms with Gasteiger partial charge < -0.3 is 4.74 Å². The van der Waals surface area contributed by atoms with Crippen LogP contribution in [0.1, 0.15) is 21.5 Å². The lowest BCUT2D eigenvalue weighted by Gasteiger charge is -2.08. The van der Waals surface area contributed by atoms with Gasteiger partial charge in [0.1, 0.15) is 12.4 Å². The number of ketones is 1. The van der Waals surface area contributed by atoms with Crippen molar-refractivity contribution in [3.63, 3.8) is 0 Å². The molecule has 2 nitrogen and oxygen atoms in total. The molecule has 0 saturated carbocycles. The number of ether oxygens (including phenoxy) is 1. The summed E-state index contributed by atoms with van der Waals surface area (Å²) in [6.45, 7) is 0.523. The number of allylic oxidation sites excluding steroid dienone is 1. The summed E-state index contributed by atoms with van der Waals surface area (Å²) in [6.07, 6.45) is 1.94. The molecule has 4 aromatic rings. The Labute approximate surface area is 173 Å². The van der Waals surface area contributed by atoms with E-state index in [1.54, 1.807) is 0 Å². The summed E-state index contributed by atoms with van der Waals surface area (Å²) in [6, 6.07) is 30.3. The first kappa shape index (κ1) is 17.8. The molecule has 5 rings (SSSR count). The summed E-state index contributed by atoms with van der Waals surface area (Å²) in [5.41, 5.74) is 2.92. The van der Waals surface area contributed by atoms with Gasteiger partial charge in [0, 0.05) is 10.5 Å². The first-order chi connectivity index (χ1) is 14.3. The Morgan fingerprint density at radius 2 is 1.55 bits per heavy atom. The van der Waals surface area contributed by atoms with Crippen LogP contribution in [-0.2, 0) is 6.61 Å². The number of benzene rings is 4. The van der Waals surface area contributed by atoms with E-state index < -0.39 is 0 Å². The van der Waals surface area contributed by atoms with Crippen molar-refractivity contribution >= 4 is 34.4 Å². The average molecular weight is 394 g/mol. The maximum Gasteiger partial charge on any atom is 0.200 e. The summed E-state index contributed by atoms with van der Waals surface area (Å²) in [5, 5.41) is 2.45. The lowest BCUT2D eigenvalue weighted by molar-refractivity contribution is 0.104. The van der Waals surface area contributed by atoms with E-state index in [0.717, 1.165) is 32.2 Å². The molecule has 4 aromatic carbocycles. The molecule has 0 spiro atoms. The predicted octanol–water partition coefficient (Wildman–Crippen LogP) is 6.75. The van der Waals surface area contributed by atoms with Crippen LogP contribution in [0.25, 0.3) is 16.8 Å². The van der Waals surface area contributed by atoms with E-state index in [9.17, 15) is 4.79 Å². The number of hydrogen-bond acceptors (Lipinski definition) is 3. The van der Waals surface area contributed by atoms with E-state index in [4.69, 9.17) is 4.74 Å². The fourth-order valence-electron chi connectivity index (χ4n) is 3.44. The van der Waals surface area contributed by atoms with Crippen LogP contribution in [0.2, 0.25) is 0 Å². The molecule has 0 amide bonds. The Hall–Kier alpha value is -3.30. The first-order valence-electron chi connectivity index (χ1n) is 9.50. The van der Waals surface area contributed by atoms with E-state index in [0.29, 0.717) is 6.61 Å². The second kappa shape index (κ2) is 7.61. The number of carbonyl (C=O) groups excluding carboxylic acids is 1. The molecule has 0 bridgehead atoms. The number of rotatable bonds is 4. The Balaban J connectivity index is 1.27. The average Bonchev–Trinajstić information content (AvgIpc) is 3.08. The van der Waals surface area contributed by atoms with Gasteiger partial charge in [0.2, 0.25) is 5.78 Å². The van der Waals surface area contributed by atoms with Gasteiger partial charge in [-0.15, -0.1) is 0 Å². The van der Waals surface area contributed by atoms with Crippen LogP contribution in [0.3, 0.4) is 0 Å². The Morgan fingerprint density at radius 3 is 2.38 bits per heavy atom. The number of thioether (sulfide) groups is 1. The van der Waals surface area contributed by atoms with Crippen LogP contribution in [-0.4, -0.2) is 5.78 Å². The molecule has 0 atom stereocenters. The molecule has 0 radical (unpaired) electrons. The van der Waals surface area contributed by atoms with Gasteiger partial charge in [0.25, 0.3) is 0 Å². The minimum Gasteiger partial charge on any atom is -0.489 e. The smallest absolute Gasteiger partial charge is 0.200 e. The Bertz CT molecular complexity index is 1240. The molecule has 0 fully saturated rings. The van der Waals surface area contributed by atoms with Gasteiger partial charge in [-0.25, -0.2) is 0 Å². The predicted molar refractivity (Wildman–Crippen MR) is 119 cm³/mol. The zero-order valence-electron chi connectivity index (χ0n) is 15.7. The molecule has 3 heteroatoms. The molecule has 1 aliphatic heterocycles. The summed E-state index contributed by atoms with van der Waals surface area (Å²) in [4.78, 5) is 14.3. The highest BCUT2D eigenvalue weighted by Crippen LogP contribution is 2.40. The first-order valence-corrected chi connectivity index (χ1v) is 10.3. The van der Waals surface area contributed by atoms with Crippen molar-refractivity contribution in [3.05, 3.63) is 113 Å². The SMILES string of the molecule is O=C1/C(=C\c2ccc(OCc3ccc4ccccc4c3)cc2)Sc2ccccc21. The number of Topliss-reactive ketones (excluding diaryl/α,β-unsaturated/α-hetero) is 1. The van der Waals surface area contributed by atoms with E-state index >= 15 is 0 Å². The molecule has 29 heavy (non-hydrogen) atoms. The quantitative estimate of drug-likeness (QED) is 0.358. The van der Waals surface area contributed by atoms with E-state index in [2.05, 4.69) is 30.3 Å². The lowest BCUT2D eigenvalue weighted by Crippen LogP contribution is -1.95. The minimum absolute atomic E-state index is 0.0993. The second-order valence-electron chi connectivity index (χ2n) is 6.98.